The van der Waals surface area contributed by atoms with Crippen molar-refractivity contribution in [3.63, 3.8) is 0 Å². The lowest BCUT2D eigenvalue weighted by atomic mass is 10.0. The molecule has 1 unspecified atom stereocenters. The monoisotopic (exact) mass is 260 g/mol. The second kappa shape index (κ2) is 4.78. The van der Waals surface area contributed by atoms with E-state index >= 15 is 0 Å². The summed E-state index contributed by atoms with van der Waals surface area (Å²) in [5, 5.41) is 0. The Morgan fingerprint density at radius 2 is 2.00 bits per heavy atom. The van der Waals surface area contributed by atoms with Gasteiger partial charge in [0.25, 0.3) is 0 Å². The van der Waals surface area contributed by atoms with Crippen LogP contribution in [-0.2, 0) is 0 Å². The van der Waals surface area contributed by atoms with E-state index in [0.717, 1.165) is 0 Å². The Balaban J connectivity index is 2.99. The number of halogens is 2. The molecule has 0 spiro atoms. The minimum absolute atomic E-state index is 0.0495. The van der Waals surface area contributed by atoms with Crippen LogP contribution in [0.15, 0.2) is 18.2 Å². The molecule has 0 saturated carbocycles. The number of alkyl halides is 1. The molecule has 78 valence electrons. The van der Waals surface area contributed by atoms with Crippen LogP contribution in [0.1, 0.15) is 24.2 Å². The van der Waals surface area contributed by atoms with Crippen LogP contribution < -0.4 is 4.74 Å². The molecule has 1 atom stereocenters. The van der Waals surface area contributed by atoms with Gasteiger partial charge in [0.05, 0.1) is 7.11 Å². The van der Waals surface area contributed by atoms with Gasteiger partial charge in [-0.25, -0.2) is 4.39 Å². The van der Waals surface area contributed by atoms with Crippen LogP contribution in [0.5, 0.6) is 5.75 Å². The fourth-order valence-corrected chi connectivity index (χ4v) is 1.59. The Labute approximate surface area is 92.4 Å². The quantitative estimate of drug-likeness (QED) is 0.749. The van der Waals surface area contributed by atoms with Crippen molar-refractivity contribution < 1.29 is 9.13 Å². The van der Waals surface area contributed by atoms with E-state index in [4.69, 9.17) is 4.74 Å². The van der Waals surface area contributed by atoms with Gasteiger partial charge in [0.1, 0.15) is 11.6 Å². The first-order chi connectivity index (χ1) is 6.56. The molecule has 0 fully saturated rings. The molecule has 0 aliphatic heterocycles. The average Bonchev–Trinajstić information content (AvgIpc) is 2.16. The summed E-state index contributed by atoms with van der Waals surface area (Å²) in [5.74, 6) is 0.688. The summed E-state index contributed by atoms with van der Waals surface area (Å²) in [6.07, 6.45) is 0. The van der Waals surface area contributed by atoms with Crippen LogP contribution in [-0.4, -0.2) is 7.11 Å². The van der Waals surface area contributed by atoms with Crippen molar-refractivity contribution in [3.8, 4) is 5.75 Å². The fourth-order valence-electron chi connectivity index (χ4n) is 1.22. The largest absolute Gasteiger partial charge is 0.497 e. The fraction of sp³-hybridized carbons (Fsp3) is 0.455. The van der Waals surface area contributed by atoms with Crippen LogP contribution in [0, 0.1) is 11.7 Å². The topological polar surface area (TPSA) is 9.23 Å². The first-order valence-electron chi connectivity index (χ1n) is 4.53. The standard InChI is InChI=1S/C11H14BrFO/c1-7(2)11(12)9-5-4-8(14-3)6-10(9)13/h4-7,11H,1-3H3. The van der Waals surface area contributed by atoms with Crippen LogP contribution >= 0.6 is 15.9 Å². The molecule has 14 heavy (non-hydrogen) atoms. The zero-order valence-electron chi connectivity index (χ0n) is 8.55. The highest BCUT2D eigenvalue weighted by Gasteiger charge is 2.16. The molecule has 1 rings (SSSR count). The molecule has 0 N–H and O–H groups in total. The number of hydrogen-bond acceptors (Lipinski definition) is 1. The smallest absolute Gasteiger partial charge is 0.131 e. The molecule has 0 bridgehead atoms. The highest BCUT2D eigenvalue weighted by molar-refractivity contribution is 9.09. The molecule has 0 saturated heterocycles. The summed E-state index contributed by atoms with van der Waals surface area (Å²) in [6, 6.07) is 4.94. The predicted molar refractivity (Wildman–Crippen MR) is 59.5 cm³/mol. The maximum Gasteiger partial charge on any atom is 0.131 e. The summed E-state index contributed by atoms with van der Waals surface area (Å²) in [7, 11) is 1.53. The van der Waals surface area contributed by atoms with Crippen LogP contribution in [0.3, 0.4) is 0 Å². The van der Waals surface area contributed by atoms with Gasteiger partial charge in [-0.15, -0.1) is 0 Å². The molecule has 0 aromatic heterocycles. The first kappa shape index (κ1) is 11.5. The maximum absolute atomic E-state index is 13.5. The highest BCUT2D eigenvalue weighted by Crippen LogP contribution is 2.33. The van der Waals surface area contributed by atoms with Crippen LogP contribution in [0.25, 0.3) is 0 Å². The third-order valence-electron chi connectivity index (χ3n) is 2.09. The molecular weight excluding hydrogens is 247 g/mol. The van der Waals surface area contributed by atoms with Gasteiger partial charge in [0.2, 0.25) is 0 Å². The number of hydrogen-bond donors (Lipinski definition) is 0. The second-order valence-corrected chi connectivity index (χ2v) is 4.52. The molecule has 0 aliphatic carbocycles. The lowest BCUT2D eigenvalue weighted by Gasteiger charge is -2.15. The van der Waals surface area contributed by atoms with Crippen LogP contribution in [0.4, 0.5) is 4.39 Å². The minimum atomic E-state index is -0.222. The Hall–Kier alpha value is -0.570. The van der Waals surface area contributed by atoms with E-state index in [9.17, 15) is 4.39 Å². The van der Waals surface area contributed by atoms with Crippen molar-refractivity contribution in [3.05, 3.63) is 29.6 Å². The molecule has 0 radical (unpaired) electrons. The third-order valence-corrected chi connectivity index (χ3v) is 3.64. The second-order valence-electron chi connectivity index (χ2n) is 3.53. The summed E-state index contributed by atoms with van der Waals surface area (Å²) in [5.41, 5.74) is 0.681. The van der Waals surface area contributed by atoms with E-state index in [0.29, 0.717) is 17.2 Å². The van der Waals surface area contributed by atoms with Crippen molar-refractivity contribution >= 4 is 15.9 Å². The number of methoxy groups -OCH3 is 1. The normalized spacial score (nSPS) is 13.0. The first-order valence-corrected chi connectivity index (χ1v) is 5.45. The van der Waals surface area contributed by atoms with Crippen molar-refractivity contribution in [2.24, 2.45) is 5.92 Å². The summed E-state index contributed by atoms with van der Waals surface area (Å²) in [4.78, 5) is 0.0495. The van der Waals surface area contributed by atoms with Crippen molar-refractivity contribution in [1.82, 2.24) is 0 Å². The third kappa shape index (κ3) is 2.47. The Morgan fingerprint density at radius 1 is 1.36 bits per heavy atom. The van der Waals surface area contributed by atoms with Crippen LogP contribution in [0.2, 0.25) is 0 Å². The van der Waals surface area contributed by atoms with Gasteiger partial charge < -0.3 is 4.74 Å². The minimum Gasteiger partial charge on any atom is -0.497 e. The molecule has 3 heteroatoms. The zero-order chi connectivity index (χ0) is 10.7. The molecule has 1 nitrogen and oxygen atoms in total. The van der Waals surface area contributed by atoms with E-state index < -0.39 is 0 Å². The van der Waals surface area contributed by atoms with Gasteiger partial charge in [-0.1, -0.05) is 35.8 Å². The van der Waals surface area contributed by atoms with Gasteiger partial charge in [-0.3, -0.25) is 0 Å². The lowest BCUT2D eigenvalue weighted by molar-refractivity contribution is 0.410. The number of ether oxygens (including phenoxy) is 1. The highest BCUT2D eigenvalue weighted by atomic mass is 79.9. The Kier molecular flexibility index (Phi) is 3.93. The van der Waals surface area contributed by atoms with E-state index in [-0.39, 0.29) is 10.6 Å². The number of rotatable bonds is 3. The summed E-state index contributed by atoms with van der Waals surface area (Å²) < 4.78 is 18.5. The molecule has 0 amide bonds. The van der Waals surface area contributed by atoms with Crippen molar-refractivity contribution in [1.29, 1.82) is 0 Å². The van der Waals surface area contributed by atoms with Gasteiger partial charge in [0.15, 0.2) is 0 Å². The molecule has 0 heterocycles. The maximum atomic E-state index is 13.5. The average molecular weight is 261 g/mol. The molecular formula is C11H14BrFO. The van der Waals surface area contributed by atoms with Gasteiger partial charge in [0, 0.05) is 16.5 Å². The zero-order valence-corrected chi connectivity index (χ0v) is 10.1. The predicted octanol–water partition coefficient (Wildman–Crippen LogP) is 3.93. The SMILES string of the molecule is COc1ccc(C(Br)C(C)C)c(F)c1. The van der Waals surface area contributed by atoms with Gasteiger partial charge in [-0.05, 0) is 12.0 Å². The molecule has 0 aliphatic rings. The molecule has 1 aromatic rings. The van der Waals surface area contributed by atoms with E-state index in [2.05, 4.69) is 15.9 Å². The van der Waals surface area contributed by atoms with Gasteiger partial charge in [-0.2, -0.15) is 0 Å². The number of benzene rings is 1. The van der Waals surface area contributed by atoms with Gasteiger partial charge >= 0.3 is 0 Å². The van der Waals surface area contributed by atoms with E-state index in [1.165, 1.54) is 13.2 Å². The Morgan fingerprint density at radius 3 is 2.43 bits per heavy atom. The summed E-state index contributed by atoms with van der Waals surface area (Å²) in [6.45, 7) is 4.09. The summed E-state index contributed by atoms with van der Waals surface area (Å²) >= 11 is 3.47. The molecule has 1 aromatic carbocycles. The van der Waals surface area contributed by atoms with Crippen molar-refractivity contribution in [2.75, 3.05) is 7.11 Å². The van der Waals surface area contributed by atoms with Crippen molar-refractivity contribution in [2.45, 2.75) is 18.7 Å². The van der Waals surface area contributed by atoms with E-state index in [1.807, 2.05) is 13.8 Å². The Bertz CT molecular complexity index is 312. The van der Waals surface area contributed by atoms with E-state index in [1.54, 1.807) is 12.1 Å². The lowest BCUT2D eigenvalue weighted by Crippen LogP contribution is -2.01.